The van der Waals surface area contributed by atoms with Crippen LogP contribution in [0.25, 0.3) is 0 Å². The van der Waals surface area contributed by atoms with E-state index < -0.39 is 0 Å². The summed E-state index contributed by atoms with van der Waals surface area (Å²) >= 11 is 0. The Morgan fingerprint density at radius 2 is 2.08 bits per heavy atom. The predicted molar refractivity (Wildman–Crippen MR) is 112 cm³/mol. The zero-order chi connectivity index (χ0) is 17.6. The summed E-state index contributed by atoms with van der Waals surface area (Å²) in [4.78, 5) is 30.8. The van der Waals surface area contributed by atoms with Crippen molar-refractivity contribution in [2.24, 2.45) is 4.99 Å². The van der Waals surface area contributed by atoms with Crippen molar-refractivity contribution in [3.8, 4) is 0 Å². The minimum Gasteiger partial charge on any atom is -0.369 e. The second-order valence-corrected chi connectivity index (χ2v) is 6.11. The number of anilines is 1. The van der Waals surface area contributed by atoms with Crippen LogP contribution in [0.15, 0.2) is 35.3 Å². The number of carbonyl (C=O) groups is 2. The Hall–Kier alpha value is -2.04. The Labute approximate surface area is 170 Å². The zero-order valence-corrected chi connectivity index (χ0v) is 17.1. The number of aliphatic imine (C=N–C) groups is 1. The minimum atomic E-state index is -0.330. The van der Waals surface area contributed by atoms with E-state index >= 15 is 0 Å². The number of nitrogens with one attached hydrogen (secondary N) is 3. The van der Waals surface area contributed by atoms with Crippen LogP contribution in [0.2, 0.25) is 0 Å². The number of hydrogen-bond acceptors (Lipinski definition) is 4. The molecule has 2 aliphatic heterocycles. The summed E-state index contributed by atoms with van der Waals surface area (Å²) < 4.78 is 0. The maximum Gasteiger partial charge on any atom is 0.324 e. The molecule has 0 bridgehead atoms. The molecule has 0 aliphatic carbocycles. The summed E-state index contributed by atoms with van der Waals surface area (Å²) in [6.07, 6.45) is 1.03. The van der Waals surface area contributed by atoms with E-state index in [0.29, 0.717) is 25.1 Å². The molecule has 2 aliphatic rings. The molecule has 2 saturated heterocycles. The highest BCUT2D eigenvalue weighted by Gasteiger charge is 2.28. The van der Waals surface area contributed by atoms with Crippen molar-refractivity contribution in [1.29, 1.82) is 0 Å². The standard InChI is InChI=1S/C17H24N6O2.HI/c1-18-16(19-8-10-23-15(24)11-20-17(23)25)21-13-7-9-22(12-13)14-5-3-2-4-6-14;/h2-6,13H,7-12H2,1H3,(H,20,25)(H2,18,19,21);1H. The maximum absolute atomic E-state index is 11.5. The molecule has 1 atom stereocenters. The van der Waals surface area contributed by atoms with Crippen molar-refractivity contribution in [2.45, 2.75) is 12.5 Å². The van der Waals surface area contributed by atoms with Gasteiger partial charge in [0.15, 0.2) is 5.96 Å². The first-order chi connectivity index (χ1) is 12.2. The lowest BCUT2D eigenvalue weighted by atomic mass is 10.3. The average molecular weight is 472 g/mol. The van der Waals surface area contributed by atoms with Crippen LogP contribution in [0.4, 0.5) is 10.5 Å². The highest BCUT2D eigenvalue weighted by molar-refractivity contribution is 14.0. The molecule has 0 spiro atoms. The number of hydrogen-bond donors (Lipinski definition) is 3. The number of guanidine groups is 1. The summed E-state index contributed by atoms with van der Waals surface area (Å²) in [5.41, 5.74) is 1.23. The third kappa shape index (κ3) is 4.99. The van der Waals surface area contributed by atoms with Gasteiger partial charge in [-0.15, -0.1) is 24.0 Å². The lowest BCUT2D eigenvalue weighted by Crippen LogP contribution is -2.47. The molecule has 3 N–H and O–H groups in total. The van der Waals surface area contributed by atoms with Crippen LogP contribution >= 0.6 is 24.0 Å². The van der Waals surface area contributed by atoms with E-state index in [0.717, 1.165) is 19.5 Å². The van der Waals surface area contributed by atoms with Gasteiger partial charge in [-0.1, -0.05) is 18.2 Å². The fourth-order valence-electron chi connectivity index (χ4n) is 3.11. The lowest BCUT2D eigenvalue weighted by Gasteiger charge is -2.21. The molecule has 0 saturated carbocycles. The van der Waals surface area contributed by atoms with E-state index in [4.69, 9.17) is 0 Å². The monoisotopic (exact) mass is 472 g/mol. The van der Waals surface area contributed by atoms with Gasteiger partial charge in [-0.05, 0) is 18.6 Å². The highest BCUT2D eigenvalue weighted by Crippen LogP contribution is 2.19. The van der Waals surface area contributed by atoms with Crippen molar-refractivity contribution in [1.82, 2.24) is 20.9 Å². The summed E-state index contributed by atoms with van der Waals surface area (Å²) in [7, 11) is 1.72. The lowest BCUT2D eigenvalue weighted by molar-refractivity contribution is -0.124. The Kier molecular flexibility index (Phi) is 7.49. The second-order valence-electron chi connectivity index (χ2n) is 6.11. The number of para-hydroxylation sites is 1. The fraction of sp³-hybridized carbons (Fsp3) is 0.471. The summed E-state index contributed by atoms with van der Waals surface area (Å²) in [6.45, 7) is 2.79. The molecular weight excluding hydrogens is 447 g/mol. The SMILES string of the molecule is CN=C(NCCN1C(=O)CNC1=O)NC1CCN(c2ccccc2)C1.I. The first-order valence-electron chi connectivity index (χ1n) is 8.53. The van der Waals surface area contributed by atoms with Crippen LogP contribution in [0.3, 0.4) is 0 Å². The number of benzene rings is 1. The molecule has 2 heterocycles. The highest BCUT2D eigenvalue weighted by atomic mass is 127. The van der Waals surface area contributed by atoms with Crippen molar-refractivity contribution in [3.63, 3.8) is 0 Å². The Bertz CT molecular complexity index is 638. The van der Waals surface area contributed by atoms with E-state index in [1.54, 1.807) is 7.05 Å². The Balaban J connectivity index is 0.00000243. The van der Waals surface area contributed by atoms with Gasteiger partial charge in [0.25, 0.3) is 0 Å². The van der Waals surface area contributed by atoms with Crippen molar-refractivity contribution < 1.29 is 9.59 Å². The number of nitrogens with zero attached hydrogens (tertiary/aromatic N) is 3. The van der Waals surface area contributed by atoms with Crippen LogP contribution in [-0.2, 0) is 4.79 Å². The largest absolute Gasteiger partial charge is 0.369 e. The number of carbonyl (C=O) groups excluding carboxylic acids is 2. The summed E-state index contributed by atoms with van der Waals surface area (Å²) in [5.74, 6) is 0.496. The van der Waals surface area contributed by atoms with Crippen LogP contribution in [0.5, 0.6) is 0 Å². The number of rotatable bonds is 5. The molecule has 3 amide bonds. The van der Waals surface area contributed by atoms with Crippen molar-refractivity contribution in [2.75, 3.05) is 44.7 Å². The van der Waals surface area contributed by atoms with E-state index in [2.05, 4.69) is 38.0 Å². The van der Waals surface area contributed by atoms with Gasteiger partial charge in [-0.3, -0.25) is 14.7 Å². The normalized spacial score (nSPS) is 20.0. The molecular formula is C17H25IN6O2. The third-order valence-corrected chi connectivity index (χ3v) is 4.44. The molecule has 1 aromatic rings. The minimum absolute atomic E-state index is 0. The second kappa shape index (κ2) is 9.60. The smallest absolute Gasteiger partial charge is 0.324 e. The molecule has 3 rings (SSSR count). The van der Waals surface area contributed by atoms with Crippen LogP contribution in [0.1, 0.15) is 6.42 Å². The van der Waals surface area contributed by atoms with E-state index in [9.17, 15) is 9.59 Å². The number of imide groups is 1. The van der Waals surface area contributed by atoms with Gasteiger partial charge >= 0.3 is 6.03 Å². The molecule has 9 heteroatoms. The molecule has 142 valence electrons. The Morgan fingerprint density at radius 3 is 2.73 bits per heavy atom. The van der Waals surface area contributed by atoms with Crippen LogP contribution in [0, 0.1) is 0 Å². The number of urea groups is 1. The first kappa shape index (κ1) is 20.3. The molecule has 8 nitrogen and oxygen atoms in total. The van der Waals surface area contributed by atoms with E-state index in [-0.39, 0.29) is 42.5 Å². The maximum atomic E-state index is 11.5. The van der Waals surface area contributed by atoms with Gasteiger partial charge in [0.2, 0.25) is 5.91 Å². The van der Waals surface area contributed by atoms with Crippen LogP contribution < -0.4 is 20.9 Å². The van der Waals surface area contributed by atoms with Gasteiger partial charge in [0.05, 0.1) is 6.54 Å². The molecule has 1 aromatic carbocycles. The molecule has 26 heavy (non-hydrogen) atoms. The van der Waals surface area contributed by atoms with Gasteiger partial charge in [-0.25, -0.2) is 4.79 Å². The average Bonchev–Trinajstić information content (AvgIpc) is 3.23. The van der Waals surface area contributed by atoms with Crippen molar-refractivity contribution in [3.05, 3.63) is 30.3 Å². The quantitative estimate of drug-likeness (QED) is 0.253. The first-order valence-corrected chi connectivity index (χ1v) is 8.53. The van der Waals surface area contributed by atoms with Gasteiger partial charge in [-0.2, -0.15) is 0 Å². The Morgan fingerprint density at radius 1 is 1.31 bits per heavy atom. The number of amides is 3. The zero-order valence-electron chi connectivity index (χ0n) is 14.8. The van der Waals surface area contributed by atoms with Gasteiger partial charge in [0, 0.05) is 45.0 Å². The van der Waals surface area contributed by atoms with Crippen molar-refractivity contribution >= 4 is 47.6 Å². The predicted octanol–water partition coefficient (Wildman–Crippen LogP) is 0.600. The summed E-state index contributed by atoms with van der Waals surface area (Å²) in [6, 6.07) is 10.3. The van der Waals surface area contributed by atoms with Crippen LogP contribution in [-0.4, -0.2) is 68.6 Å². The van der Waals surface area contributed by atoms with Gasteiger partial charge < -0.3 is 20.9 Å². The molecule has 0 radical (unpaired) electrons. The molecule has 0 aromatic heterocycles. The van der Waals surface area contributed by atoms with E-state index in [1.165, 1.54) is 10.6 Å². The third-order valence-electron chi connectivity index (χ3n) is 4.44. The fourth-order valence-corrected chi connectivity index (χ4v) is 3.11. The topological polar surface area (TPSA) is 89.1 Å². The molecule has 2 fully saturated rings. The van der Waals surface area contributed by atoms with Gasteiger partial charge in [0.1, 0.15) is 0 Å². The summed E-state index contributed by atoms with van der Waals surface area (Å²) in [5, 5.41) is 9.08. The van der Waals surface area contributed by atoms with E-state index in [1.807, 2.05) is 18.2 Å². The number of halogens is 1. The molecule has 1 unspecified atom stereocenters.